The highest BCUT2D eigenvalue weighted by atomic mass is 32.2. The summed E-state index contributed by atoms with van der Waals surface area (Å²) >= 11 is 0. The minimum Gasteiger partial charge on any atom is -0.333 e. The molecule has 0 spiro atoms. The lowest BCUT2D eigenvalue weighted by atomic mass is 10.1. The van der Waals surface area contributed by atoms with Gasteiger partial charge in [-0.15, -0.1) is 0 Å². The molecule has 0 saturated carbocycles. The first kappa shape index (κ1) is 15.9. The van der Waals surface area contributed by atoms with E-state index in [-0.39, 0.29) is 16.8 Å². The first-order chi connectivity index (χ1) is 9.95. The number of hydrogen-bond donors (Lipinski definition) is 2. The van der Waals surface area contributed by atoms with Crippen molar-refractivity contribution in [3.8, 4) is 0 Å². The van der Waals surface area contributed by atoms with E-state index in [1.54, 1.807) is 19.1 Å². The SMILES string of the molecule is CCNS(=O)(=O)c1ccc(C(=O)N2CCNC[C@H]2C)cc1. The predicted octanol–water partition coefficient (Wildman–Crippen LogP) is 0.419. The predicted molar refractivity (Wildman–Crippen MR) is 80.7 cm³/mol. The third-order valence-electron chi connectivity index (χ3n) is 3.51. The quantitative estimate of drug-likeness (QED) is 0.845. The Morgan fingerprint density at radius 2 is 2.05 bits per heavy atom. The molecule has 0 bridgehead atoms. The Morgan fingerprint density at radius 3 is 2.62 bits per heavy atom. The minimum atomic E-state index is -3.47. The molecule has 1 atom stereocenters. The number of nitrogens with one attached hydrogen (secondary N) is 2. The summed E-state index contributed by atoms with van der Waals surface area (Å²) < 4.78 is 26.1. The van der Waals surface area contributed by atoms with Gasteiger partial charge in [0, 0.05) is 37.8 Å². The number of carbonyl (C=O) groups is 1. The van der Waals surface area contributed by atoms with Crippen LogP contribution in [0.2, 0.25) is 0 Å². The normalized spacial score (nSPS) is 19.5. The number of amides is 1. The molecule has 2 N–H and O–H groups in total. The molecule has 1 aromatic rings. The third-order valence-corrected chi connectivity index (χ3v) is 5.07. The van der Waals surface area contributed by atoms with Crippen molar-refractivity contribution in [3.05, 3.63) is 29.8 Å². The molecule has 116 valence electrons. The Bertz CT molecular complexity index is 598. The molecule has 1 heterocycles. The zero-order chi connectivity index (χ0) is 15.5. The van der Waals surface area contributed by atoms with Crippen molar-refractivity contribution in [1.29, 1.82) is 0 Å². The van der Waals surface area contributed by atoms with Crippen LogP contribution in [0.3, 0.4) is 0 Å². The molecule has 21 heavy (non-hydrogen) atoms. The van der Waals surface area contributed by atoms with Gasteiger partial charge in [0.1, 0.15) is 0 Å². The van der Waals surface area contributed by atoms with Crippen molar-refractivity contribution in [2.24, 2.45) is 0 Å². The largest absolute Gasteiger partial charge is 0.333 e. The van der Waals surface area contributed by atoms with Crippen LogP contribution >= 0.6 is 0 Å². The van der Waals surface area contributed by atoms with Gasteiger partial charge in [-0.1, -0.05) is 6.92 Å². The standard InChI is InChI=1S/C14H21N3O3S/c1-3-16-21(19,20)13-6-4-12(5-7-13)14(18)17-9-8-15-10-11(17)2/h4-7,11,15-16H,3,8-10H2,1-2H3/t11-/m1/s1. The van der Waals surface area contributed by atoms with Gasteiger partial charge in [0.05, 0.1) is 4.90 Å². The van der Waals surface area contributed by atoms with Crippen molar-refractivity contribution in [3.63, 3.8) is 0 Å². The van der Waals surface area contributed by atoms with Crippen LogP contribution in [-0.2, 0) is 10.0 Å². The Labute approximate surface area is 125 Å². The van der Waals surface area contributed by atoms with E-state index in [1.165, 1.54) is 12.1 Å². The Hall–Kier alpha value is -1.44. The third kappa shape index (κ3) is 3.61. The summed E-state index contributed by atoms with van der Waals surface area (Å²) in [7, 11) is -3.47. The fourth-order valence-corrected chi connectivity index (χ4v) is 3.40. The molecule has 1 fully saturated rings. The van der Waals surface area contributed by atoms with E-state index in [0.29, 0.717) is 18.7 Å². The summed E-state index contributed by atoms with van der Waals surface area (Å²) in [6, 6.07) is 6.22. The summed E-state index contributed by atoms with van der Waals surface area (Å²) in [5, 5.41) is 3.23. The number of rotatable bonds is 4. The summed E-state index contributed by atoms with van der Waals surface area (Å²) in [6.45, 7) is 6.27. The molecule has 1 aliphatic rings. The van der Waals surface area contributed by atoms with Crippen LogP contribution < -0.4 is 10.0 Å². The first-order valence-corrected chi connectivity index (χ1v) is 8.55. The maximum absolute atomic E-state index is 12.4. The van der Waals surface area contributed by atoms with Crippen LogP contribution in [0, 0.1) is 0 Å². The molecule has 1 amide bonds. The highest BCUT2D eigenvalue weighted by Gasteiger charge is 2.24. The molecule has 0 radical (unpaired) electrons. The Balaban J connectivity index is 2.17. The van der Waals surface area contributed by atoms with Crippen LogP contribution in [0.4, 0.5) is 0 Å². The van der Waals surface area contributed by atoms with Gasteiger partial charge < -0.3 is 10.2 Å². The van der Waals surface area contributed by atoms with Gasteiger partial charge in [0.15, 0.2) is 0 Å². The van der Waals surface area contributed by atoms with Crippen LogP contribution in [-0.4, -0.2) is 51.4 Å². The molecule has 0 unspecified atom stereocenters. The molecule has 0 aromatic heterocycles. The fraction of sp³-hybridized carbons (Fsp3) is 0.500. The van der Waals surface area contributed by atoms with Crippen LogP contribution in [0.15, 0.2) is 29.2 Å². The first-order valence-electron chi connectivity index (χ1n) is 7.07. The summed E-state index contributed by atoms with van der Waals surface area (Å²) in [6.07, 6.45) is 0. The maximum atomic E-state index is 12.4. The number of nitrogens with zero attached hydrogens (tertiary/aromatic N) is 1. The average molecular weight is 311 g/mol. The highest BCUT2D eigenvalue weighted by molar-refractivity contribution is 7.89. The lowest BCUT2D eigenvalue weighted by Gasteiger charge is -2.34. The maximum Gasteiger partial charge on any atom is 0.254 e. The van der Waals surface area contributed by atoms with Crippen molar-refractivity contribution >= 4 is 15.9 Å². The molecule has 2 rings (SSSR count). The van der Waals surface area contributed by atoms with Gasteiger partial charge >= 0.3 is 0 Å². The molecular weight excluding hydrogens is 290 g/mol. The average Bonchev–Trinajstić information content (AvgIpc) is 2.47. The smallest absolute Gasteiger partial charge is 0.254 e. The number of piperazine rings is 1. The van der Waals surface area contributed by atoms with Crippen LogP contribution in [0.5, 0.6) is 0 Å². The molecule has 0 aliphatic carbocycles. The van der Waals surface area contributed by atoms with Gasteiger partial charge in [-0.05, 0) is 31.2 Å². The van der Waals surface area contributed by atoms with Crippen LogP contribution in [0.25, 0.3) is 0 Å². The summed E-state index contributed by atoms with van der Waals surface area (Å²) in [5.74, 6) is -0.0589. The Morgan fingerprint density at radius 1 is 1.38 bits per heavy atom. The lowest BCUT2D eigenvalue weighted by molar-refractivity contribution is 0.0655. The van der Waals surface area contributed by atoms with E-state index in [2.05, 4.69) is 10.0 Å². The lowest BCUT2D eigenvalue weighted by Crippen LogP contribution is -2.52. The summed E-state index contributed by atoms with van der Waals surface area (Å²) in [5.41, 5.74) is 0.513. The number of sulfonamides is 1. The van der Waals surface area contributed by atoms with Crippen molar-refractivity contribution in [1.82, 2.24) is 14.9 Å². The van der Waals surface area contributed by atoms with Gasteiger partial charge in [-0.3, -0.25) is 4.79 Å². The molecule has 1 saturated heterocycles. The number of carbonyl (C=O) groups excluding carboxylic acids is 1. The van der Waals surface area contributed by atoms with E-state index in [4.69, 9.17) is 0 Å². The van der Waals surface area contributed by atoms with Gasteiger partial charge in [0.2, 0.25) is 10.0 Å². The second kappa shape index (κ2) is 6.55. The zero-order valence-corrected chi connectivity index (χ0v) is 13.1. The Kier molecular flexibility index (Phi) is 4.97. The van der Waals surface area contributed by atoms with E-state index in [1.807, 2.05) is 11.8 Å². The molecule has 1 aromatic carbocycles. The van der Waals surface area contributed by atoms with E-state index >= 15 is 0 Å². The van der Waals surface area contributed by atoms with Crippen molar-refractivity contribution < 1.29 is 13.2 Å². The summed E-state index contributed by atoms with van der Waals surface area (Å²) in [4.78, 5) is 14.4. The second-order valence-electron chi connectivity index (χ2n) is 5.08. The minimum absolute atomic E-state index is 0.0589. The topological polar surface area (TPSA) is 78.5 Å². The number of benzene rings is 1. The second-order valence-corrected chi connectivity index (χ2v) is 6.84. The van der Waals surface area contributed by atoms with E-state index < -0.39 is 10.0 Å². The van der Waals surface area contributed by atoms with E-state index in [9.17, 15) is 13.2 Å². The van der Waals surface area contributed by atoms with Crippen molar-refractivity contribution in [2.45, 2.75) is 24.8 Å². The van der Waals surface area contributed by atoms with Gasteiger partial charge in [-0.2, -0.15) is 0 Å². The monoisotopic (exact) mass is 311 g/mol. The molecular formula is C14H21N3O3S. The molecule has 1 aliphatic heterocycles. The highest BCUT2D eigenvalue weighted by Crippen LogP contribution is 2.14. The van der Waals surface area contributed by atoms with E-state index in [0.717, 1.165) is 13.1 Å². The number of hydrogen-bond acceptors (Lipinski definition) is 4. The fourth-order valence-electron chi connectivity index (χ4n) is 2.36. The zero-order valence-electron chi connectivity index (χ0n) is 12.3. The van der Waals surface area contributed by atoms with Gasteiger partial charge in [-0.25, -0.2) is 13.1 Å². The molecule has 7 heteroatoms. The van der Waals surface area contributed by atoms with Crippen molar-refractivity contribution in [2.75, 3.05) is 26.2 Å². The van der Waals surface area contributed by atoms with Gasteiger partial charge in [0.25, 0.3) is 5.91 Å². The molecule has 6 nitrogen and oxygen atoms in total. The van der Waals surface area contributed by atoms with Crippen LogP contribution in [0.1, 0.15) is 24.2 Å².